The summed E-state index contributed by atoms with van der Waals surface area (Å²) in [5.74, 6) is 2.27. The average Bonchev–Trinajstić information content (AvgIpc) is 3.46. The molecule has 0 spiro atoms. The number of hydrogen-bond donors (Lipinski definition) is 1. The molecule has 1 aliphatic carbocycles. The standard InChI is InChI=1S/C26H25NO4/c1-16-4-8-22(29-3)21(12-16)20-14-19(7-5-17(20)2)27-25(28)26(10-11-26)18-6-9-23-24(13-18)31-15-30-23/h4-9,12-14H,10-11,15H2,1-3H3,(H,27,28). The van der Waals surface area contributed by atoms with E-state index in [0.29, 0.717) is 5.75 Å². The predicted molar refractivity (Wildman–Crippen MR) is 120 cm³/mol. The van der Waals surface area contributed by atoms with Crippen molar-refractivity contribution in [3.8, 4) is 28.4 Å². The highest BCUT2D eigenvalue weighted by molar-refractivity contribution is 6.02. The Bertz CT molecular complexity index is 1180. The van der Waals surface area contributed by atoms with Crippen molar-refractivity contribution in [3.05, 3.63) is 71.3 Å². The van der Waals surface area contributed by atoms with E-state index in [1.807, 2.05) is 48.5 Å². The molecule has 5 rings (SSSR count). The molecular formula is C26H25NO4. The van der Waals surface area contributed by atoms with E-state index in [0.717, 1.165) is 57.8 Å². The number of methoxy groups -OCH3 is 1. The van der Waals surface area contributed by atoms with Crippen LogP contribution in [-0.4, -0.2) is 19.8 Å². The molecule has 1 saturated carbocycles. The summed E-state index contributed by atoms with van der Waals surface area (Å²) in [6.07, 6.45) is 1.64. The van der Waals surface area contributed by atoms with Crippen molar-refractivity contribution in [1.82, 2.24) is 0 Å². The molecule has 0 bridgehead atoms. The van der Waals surface area contributed by atoms with Crippen molar-refractivity contribution in [1.29, 1.82) is 0 Å². The number of fused-ring (bicyclic) bond motifs is 1. The van der Waals surface area contributed by atoms with Gasteiger partial charge in [0.1, 0.15) is 5.75 Å². The van der Waals surface area contributed by atoms with Crippen molar-refractivity contribution >= 4 is 11.6 Å². The lowest BCUT2D eigenvalue weighted by Gasteiger charge is -2.18. The molecule has 1 aliphatic heterocycles. The van der Waals surface area contributed by atoms with Crippen molar-refractivity contribution < 1.29 is 19.0 Å². The Kier molecular flexibility index (Phi) is 4.62. The normalized spacial score (nSPS) is 15.5. The molecular weight excluding hydrogens is 390 g/mol. The Morgan fingerprint density at radius 2 is 1.74 bits per heavy atom. The number of rotatable bonds is 5. The SMILES string of the molecule is COc1ccc(C)cc1-c1cc(NC(=O)C2(c3ccc4c(c3)OCO4)CC2)ccc1C. The van der Waals surface area contributed by atoms with Crippen LogP contribution in [0.1, 0.15) is 29.5 Å². The second-order valence-electron chi connectivity index (χ2n) is 8.34. The molecule has 5 nitrogen and oxygen atoms in total. The molecule has 31 heavy (non-hydrogen) atoms. The van der Waals surface area contributed by atoms with E-state index in [-0.39, 0.29) is 12.7 Å². The molecule has 158 valence electrons. The Hall–Kier alpha value is -3.47. The number of aryl methyl sites for hydroxylation is 2. The molecule has 2 aliphatic rings. The largest absolute Gasteiger partial charge is 0.496 e. The maximum atomic E-state index is 13.3. The van der Waals surface area contributed by atoms with Gasteiger partial charge in [0.05, 0.1) is 12.5 Å². The van der Waals surface area contributed by atoms with Gasteiger partial charge in [-0.1, -0.05) is 23.8 Å². The number of hydrogen-bond acceptors (Lipinski definition) is 4. The molecule has 0 unspecified atom stereocenters. The second kappa shape index (κ2) is 7.34. The maximum Gasteiger partial charge on any atom is 0.235 e. The van der Waals surface area contributed by atoms with Crippen molar-refractivity contribution in [3.63, 3.8) is 0 Å². The van der Waals surface area contributed by atoms with Gasteiger partial charge in [0.15, 0.2) is 11.5 Å². The highest BCUT2D eigenvalue weighted by Crippen LogP contribution is 2.51. The molecule has 0 radical (unpaired) electrons. The van der Waals surface area contributed by atoms with Gasteiger partial charge in [-0.15, -0.1) is 0 Å². The molecule has 1 amide bonds. The minimum absolute atomic E-state index is 0.0115. The predicted octanol–water partition coefficient (Wildman–Crippen LogP) is 5.38. The zero-order valence-corrected chi connectivity index (χ0v) is 18.0. The van der Waals surface area contributed by atoms with E-state index in [2.05, 4.69) is 25.2 Å². The van der Waals surface area contributed by atoms with Gasteiger partial charge in [0, 0.05) is 11.3 Å². The van der Waals surface area contributed by atoms with Gasteiger partial charge in [-0.3, -0.25) is 4.79 Å². The van der Waals surface area contributed by atoms with E-state index in [1.165, 1.54) is 0 Å². The Morgan fingerprint density at radius 1 is 0.935 bits per heavy atom. The topological polar surface area (TPSA) is 56.8 Å². The maximum absolute atomic E-state index is 13.3. The summed E-state index contributed by atoms with van der Waals surface area (Å²) >= 11 is 0. The summed E-state index contributed by atoms with van der Waals surface area (Å²) in [6.45, 7) is 4.36. The lowest BCUT2D eigenvalue weighted by atomic mass is 9.94. The number of carbonyl (C=O) groups is 1. The lowest BCUT2D eigenvalue weighted by Crippen LogP contribution is -2.27. The van der Waals surface area contributed by atoms with Crippen LogP contribution >= 0.6 is 0 Å². The van der Waals surface area contributed by atoms with Crippen LogP contribution in [0.4, 0.5) is 5.69 Å². The fourth-order valence-corrected chi connectivity index (χ4v) is 4.24. The van der Waals surface area contributed by atoms with Gasteiger partial charge in [-0.05, 0) is 79.8 Å². The quantitative estimate of drug-likeness (QED) is 0.608. The van der Waals surface area contributed by atoms with E-state index in [4.69, 9.17) is 14.2 Å². The lowest BCUT2D eigenvalue weighted by molar-refractivity contribution is -0.118. The summed E-state index contributed by atoms with van der Waals surface area (Å²) in [5.41, 5.74) is 5.60. The Balaban J connectivity index is 1.44. The van der Waals surface area contributed by atoms with Crippen molar-refractivity contribution in [2.45, 2.75) is 32.1 Å². The summed E-state index contributed by atoms with van der Waals surface area (Å²) < 4.78 is 16.5. The van der Waals surface area contributed by atoms with Crippen LogP contribution < -0.4 is 19.5 Å². The summed E-state index contributed by atoms with van der Waals surface area (Å²) in [4.78, 5) is 13.3. The van der Waals surface area contributed by atoms with E-state index in [1.54, 1.807) is 7.11 Å². The third kappa shape index (κ3) is 3.40. The molecule has 1 N–H and O–H groups in total. The molecule has 3 aromatic carbocycles. The van der Waals surface area contributed by atoms with E-state index >= 15 is 0 Å². The monoisotopic (exact) mass is 415 g/mol. The first kappa shape index (κ1) is 19.5. The zero-order valence-electron chi connectivity index (χ0n) is 18.0. The van der Waals surface area contributed by atoms with Crippen molar-refractivity contribution in [2.24, 2.45) is 0 Å². The van der Waals surface area contributed by atoms with Crippen LogP contribution in [0.25, 0.3) is 11.1 Å². The zero-order chi connectivity index (χ0) is 21.6. The van der Waals surface area contributed by atoms with Crippen molar-refractivity contribution in [2.75, 3.05) is 19.2 Å². The molecule has 5 heteroatoms. The first-order valence-corrected chi connectivity index (χ1v) is 10.5. The van der Waals surface area contributed by atoms with Gasteiger partial charge in [-0.2, -0.15) is 0 Å². The van der Waals surface area contributed by atoms with Crippen LogP contribution in [0.3, 0.4) is 0 Å². The third-order valence-corrected chi connectivity index (χ3v) is 6.25. The van der Waals surface area contributed by atoms with Crippen LogP contribution in [0.2, 0.25) is 0 Å². The van der Waals surface area contributed by atoms with E-state index in [9.17, 15) is 4.79 Å². The number of nitrogens with one attached hydrogen (secondary N) is 1. The minimum atomic E-state index is -0.507. The number of carbonyl (C=O) groups excluding carboxylic acids is 1. The minimum Gasteiger partial charge on any atom is -0.496 e. The summed E-state index contributed by atoms with van der Waals surface area (Å²) in [6, 6.07) is 17.9. The number of anilines is 1. The third-order valence-electron chi connectivity index (χ3n) is 6.25. The molecule has 3 aromatic rings. The molecule has 0 atom stereocenters. The highest BCUT2D eigenvalue weighted by Gasteiger charge is 2.51. The Morgan fingerprint density at radius 3 is 2.52 bits per heavy atom. The second-order valence-corrected chi connectivity index (χ2v) is 8.34. The summed E-state index contributed by atoms with van der Waals surface area (Å²) in [7, 11) is 1.68. The first-order chi connectivity index (χ1) is 15.0. The molecule has 0 aromatic heterocycles. The summed E-state index contributed by atoms with van der Waals surface area (Å²) in [5, 5.41) is 3.15. The van der Waals surface area contributed by atoms with Crippen LogP contribution in [0.5, 0.6) is 17.2 Å². The van der Waals surface area contributed by atoms with Gasteiger partial charge >= 0.3 is 0 Å². The highest BCUT2D eigenvalue weighted by atomic mass is 16.7. The van der Waals surface area contributed by atoms with Gasteiger partial charge < -0.3 is 19.5 Å². The number of amides is 1. The Labute approximate surface area is 182 Å². The van der Waals surface area contributed by atoms with Crippen LogP contribution in [0, 0.1) is 13.8 Å². The van der Waals surface area contributed by atoms with Crippen LogP contribution in [-0.2, 0) is 10.2 Å². The van der Waals surface area contributed by atoms with Gasteiger partial charge in [0.2, 0.25) is 12.7 Å². The van der Waals surface area contributed by atoms with Gasteiger partial charge in [-0.25, -0.2) is 0 Å². The van der Waals surface area contributed by atoms with Gasteiger partial charge in [0.25, 0.3) is 0 Å². The molecule has 1 heterocycles. The van der Waals surface area contributed by atoms with Crippen LogP contribution in [0.15, 0.2) is 54.6 Å². The molecule has 1 fully saturated rings. The van der Waals surface area contributed by atoms with E-state index < -0.39 is 5.41 Å². The number of benzene rings is 3. The molecule has 0 saturated heterocycles. The average molecular weight is 415 g/mol. The fraction of sp³-hybridized carbons (Fsp3) is 0.269. The number of ether oxygens (including phenoxy) is 3. The first-order valence-electron chi connectivity index (χ1n) is 10.5. The fourth-order valence-electron chi connectivity index (χ4n) is 4.24. The smallest absolute Gasteiger partial charge is 0.235 e.